The molecule has 6 heteroatoms. The largest absolute Gasteiger partial charge is 0.468 e. The summed E-state index contributed by atoms with van der Waals surface area (Å²) in [6.07, 6.45) is 2.38. The Bertz CT molecular complexity index is 1020. The van der Waals surface area contributed by atoms with Gasteiger partial charge in [0.15, 0.2) is 9.84 Å². The maximum Gasteiger partial charge on any atom is 0.234 e. The molecule has 0 bridgehead atoms. The summed E-state index contributed by atoms with van der Waals surface area (Å²) in [7, 11) is -3.31. The van der Waals surface area contributed by atoms with Crippen molar-refractivity contribution < 1.29 is 17.6 Å². The number of hydrogen-bond acceptors (Lipinski definition) is 4. The summed E-state index contributed by atoms with van der Waals surface area (Å²) in [4.78, 5) is 15.3. The molecule has 1 fully saturated rings. The van der Waals surface area contributed by atoms with Gasteiger partial charge in [0.2, 0.25) is 5.91 Å². The van der Waals surface area contributed by atoms with Crippen LogP contribution in [-0.2, 0) is 20.4 Å². The number of benzene rings is 2. The van der Waals surface area contributed by atoms with Crippen molar-refractivity contribution in [2.45, 2.75) is 29.8 Å². The van der Waals surface area contributed by atoms with E-state index in [2.05, 4.69) is 0 Å². The Hall–Kier alpha value is -2.86. The van der Waals surface area contributed by atoms with Crippen molar-refractivity contribution in [2.75, 3.05) is 13.1 Å². The van der Waals surface area contributed by atoms with E-state index in [-0.39, 0.29) is 17.6 Å². The molecule has 1 amide bonds. The summed E-state index contributed by atoms with van der Waals surface area (Å²) < 4.78 is 30.7. The number of hydrogen-bond donors (Lipinski definition) is 0. The third-order valence-electron chi connectivity index (χ3n) is 5.70. The zero-order chi connectivity index (χ0) is 21.0. The van der Waals surface area contributed by atoms with Crippen molar-refractivity contribution in [1.82, 2.24) is 4.90 Å². The van der Waals surface area contributed by atoms with E-state index >= 15 is 0 Å². The lowest BCUT2D eigenvalue weighted by atomic mass is 9.89. The summed E-state index contributed by atoms with van der Waals surface area (Å²) in [5.74, 6) is 0.00890. The monoisotopic (exact) mass is 423 g/mol. The fraction of sp³-hybridized carbons (Fsp3) is 0.292. The van der Waals surface area contributed by atoms with E-state index in [0.29, 0.717) is 31.7 Å². The van der Waals surface area contributed by atoms with Crippen LogP contribution in [-0.4, -0.2) is 37.6 Å². The molecule has 3 aromatic rings. The molecule has 0 radical (unpaired) electrons. The third kappa shape index (κ3) is 4.49. The smallest absolute Gasteiger partial charge is 0.234 e. The van der Waals surface area contributed by atoms with E-state index in [1.165, 1.54) is 6.26 Å². The second kappa shape index (κ2) is 8.88. The highest BCUT2D eigenvalue weighted by Gasteiger charge is 2.35. The highest BCUT2D eigenvalue weighted by Crippen LogP contribution is 2.29. The lowest BCUT2D eigenvalue weighted by Crippen LogP contribution is -2.44. The van der Waals surface area contributed by atoms with E-state index < -0.39 is 15.1 Å². The molecule has 2 heterocycles. The van der Waals surface area contributed by atoms with Gasteiger partial charge in [-0.3, -0.25) is 4.79 Å². The van der Waals surface area contributed by atoms with E-state index in [9.17, 15) is 13.2 Å². The van der Waals surface area contributed by atoms with E-state index in [1.807, 2.05) is 65.6 Å². The Kier molecular flexibility index (Phi) is 6.04. The predicted octanol–water partition coefficient (Wildman–Crippen LogP) is 4.02. The van der Waals surface area contributed by atoms with Crippen LogP contribution in [0, 0.1) is 0 Å². The quantitative estimate of drug-likeness (QED) is 0.601. The maximum absolute atomic E-state index is 13.5. The molecule has 0 saturated carbocycles. The first kappa shape index (κ1) is 20.4. The van der Waals surface area contributed by atoms with Gasteiger partial charge in [-0.05, 0) is 36.1 Å². The van der Waals surface area contributed by atoms with Crippen molar-refractivity contribution in [1.29, 1.82) is 0 Å². The molecule has 1 saturated heterocycles. The molecule has 1 aliphatic rings. The van der Waals surface area contributed by atoms with Crippen molar-refractivity contribution in [2.24, 2.45) is 0 Å². The van der Waals surface area contributed by atoms with Gasteiger partial charge in [-0.1, -0.05) is 60.7 Å². The SMILES string of the molecule is O=C(C(c1ccccc1)c1ccccc1)N1CCC(S(=O)(=O)Cc2ccco2)CC1. The van der Waals surface area contributed by atoms with Gasteiger partial charge in [0, 0.05) is 13.1 Å². The van der Waals surface area contributed by atoms with Crippen molar-refractivity contribution in [3.63, 3.8) is 0 Å². The number of nitrogens with zero attached hydrogens (tertiary/aromatic N) is 1. The first-order valence-corrected chi connectivity index (χ1v) is 11.9. The van der Waals surface area contributed by atoms with Gasteiger partial charge in [0.1, 0.15) is 11.5 Å². The van der Waals surface area contributed by atoms with Crippen LogP contribution in [0.2, 0.25) is 0 Å². The molecule has 4 rings (SSSR count). The van der Waals surface area contributed by atoms with Crippen LogP contribution >= 0.6 is 0 Å². The highest BCUT2D eigenvalue weighted by molar-refractivity contribution is 7.91. The molecule has 0 N–H and O–H groups in total. The van der Waals surface area contributed by atoms with Crippen LogP contribution in [0.25, 0.3) is 0 Å². The molecule has 0 unspecified atom stereocenters. The number of carbonyl (C=O) groups excluding carboxylic acids is 1. The average molecular weight is 424 g/mol. The van der Waals surface area contributed by atoms with Gasteiger partial charge in [0.25, 0.3) is 0 Å². The van der Waals surface area contributed by atoms with Gasteiger partial charge >= 0.3 is 0 Å². The lowest BCUT2D eigenvalue weighted by molar-refractivity contribution is -0.132. The zero-order valence-corrected chi connectivity index (χ0v) is 17.5. The molecule has 30 heavy (non-hydrogen) atoms. The van der Waals surface area contributed by atoms with Gasteiger partial charge < -0.3 is 9.32 Å². The van der Waals surface area contributed by atoms with Crippen LogP contribution in [0.1, 0.15) is 35.6 Å². The minimum atomic E-state index is -3.31. The molecule has 2 aromatic carbocycles. The molecule has 1 aromatic heterocycles. The third-order valence-corrected chi connectivity index (χ3v) is 7.87. The molecular formula is C24H25NO4S. The number of rotatable bonds is 6. The molecular weight excluding hydrogens is 398 g/mol. The Morgan fingerprint density at radius 1 is 0.900 bits per heavy atom. The van der Waals surface area contributed by atoms with E-state index in [4.69, 9.17) is 4.42 Å². The second-order valence-corrected chi connectivity index (χ2v) is 9.95. The average Bonchev–Trinajstić information content (AvgIpc) is 3.28. The zero-order valence-electron chi connectivity index (χ0n) is 16.7. The van der Waals surface area contributed by atoms with Crippen LogP contribution in [0.5, 0.6) is 0 Å². The van der Waals surface area contributed by atoms with Crippen molar-refractivity contribution in [3.05, 3.63) is 95.9 Å². The molecule has 0 atom stereocenters. The standard InChI is InChI=1S/C24H25NO4S/c26-24(23(19-8-3-1-4-9-19)20-10-5-2-6-11-20)25-15-13-22(14-16-25)30(27,28)18-21-12-7-17-29-21/h1-12,17,22-23H,13-16,18H2. The second-order valence-electron chi connectivity index (χ2n) is 7.67. The Labute approximate surface area is 177 Å². The normalized spacial score (nSPS) is 15.4. The lowest BCUT2D eigenvalue weighted by Gasteiger charge is -2.34. The predicted molar refractivity (Wildman–Crippen MR) is 116 cm³/mol. The Morgan fingerprint density at radius 2 is 1.47 bits per heavy atom. The molecule has 5 nitrogen and oxygen atoms in total. The fourth-order valence-corrected chi connectivity index (χ4v) is 5.82. The molecule has 1 aliphatic heterocycles. The number of sulfone groups is 1. The van der Waals surface area contributed by atoms with Gasteiger partial charge in [-0.2, -0.15) is 0 Å². The summed E-state index contributed by atoms with van der Waals surface area (Å²) >= 11 is 0. The fourth-order valence-electron chi connectivity index (χ4n) is 4.10. The highest BCUT2D eigenvalue weighted by atomic mass is 32.2. The maximum atomic E-state index is 13.5. The first-order chi connectivity index (χ1) is 14.5. The molecule has 0 spiro atoms. The van der Waals surface area contributed by atoms with Gasteiger partial charge in [-0.25, -0.2) is 8.42 Å². The number of furan rings is 1. The van der Waals surface area contributed by atoms with Crippen LogP contribution in [0.4, 0.5) is 0 Å². The summed E-state index contributed by atoms with van der Waals surface area (Å²) in [6.45, 7) is 0.883. The number of amides is 1. The Balaban J connectivity index is 1.48. The van der Waals surface area contributed by atoms with Gasteiger partial charge in [-0.15, -0.1) is 0 Å². The summed E-state index contributed by atoms with van der Waals surface area (Å²) in [6, 6.07) is 22.9. The number of piperidine rings is 1. The number of carbonyl (C=O) groups is 1. The first-order valence-electron chi connectivity index (χ1n) is 10.2. The van der Waals surface area contributed by atoms with E-state index in [1.54, 1.807) is 12.1 Å². The molecule has 0 aliphatic carbocycles. The van der Waals surface area contributed by atoms with Crippen LogP contribution in [0.15, 0.2) is 83.5 Å². The van der Waals surface area contributed by atoms with Crippen molar-refractivity contribution in [3.8, 4) is 0 Å². The number of likely N-dealkylation sites (tertiary alicyclic amines) is 1. The molecule has 156 valence electrons. The van der Waals surface area contributed by atoms with Crippen LogP contribution in [0.3, 0.4) is 0 Å². The Morgan fingerprint density at radius 3 is 1.97 bits per heavy atom. The summed E-state index contributed by atoms with van der Waals surface area (Å²) in [5, 5.41) is -0.446. The topological polar surface area (TPSA) is 67.6 Å². The minimum Gasteiger partial charge on any atom is -0.468 e. The van der Waals surface area contributed by atoms with E-state index in [0.717, 1.165) is 11.1 Å². The van der Waals surface area contributed by atoms with Gasteiger partial charge in [0.05, 0.1) is 17.4 Å². The minimum absolute atomic E-state index is 0.0225. The van der Waals surface area contributed by atoms with Crippen LogP contribution < -0.4 is 0 Å². The summed E-state index contributed by atoms with van der Waals surface area (Å²) in [5.41, 5.74) is 1.89. The van der Waals surface area contributed by atoms with Crippen molar-refractivity contribution >= 4 is 15.7 Å².